The largest absolute Gasteiger partial charge is 0.0788 e. The first-order chi connectivity index (χ1) is 6.91. The van der Waals surface area contributed by atoms with Gasteiger partial charge in [-0.25, -0.2) is 0 Å². The van der Waals surface area contributed by atoms with Crippen molar-refractivity contribution in [2.45, 2.75) is 33.9 Å². The maximum atomic E-state index is 2.40. The van der Waals surface area contributed by atoms with Crippen molar-refractivity contribution in [2.24, 2.45) is 5.41 Å². The predicted molar refractivity (Wildman–Crippen MR) is 72.8 cm³/mol. The predicted octanol–water partition coefficient (Wildman–Crippen LogP) is 4.14. The first-order valence-electron chi connectivity index (χ1n) is 5.68. The van der Waals surface area contributed by atoms with E-state index in [4.69, 9.17) is 0 Å². The molecule has 0 unspecified atom stereocenters. The number of allylic oxidation sites excluding steroid dienone is 1. The number of rotatable bonds is 2. The van der Waals surface area contributed by atoms with Crippen molar-refractivity contribution in [2.75, 3.05) is 0 Å². The van der Waals surface area contributed by atoms with Gasteiger partial charge in [0.2, 0.25) is 0 Å². The second-order valence-corrected chi connectivity index (χ2v) is 8.35. The van der Waals surface area contributed by atoms with E-state index in [1.165, 1.54) is 5.56 Å². The van der Waals surface area contributed by atoms with Crippen LogP contribution in [-0.2, 0) is 0 Å². The molecule has 0 bridgehead atoms. The maximum Gasteiger partial charge on any atom is 0.0602 e. The Hall–Kier alpha value is -0.823. The minimum atomic E-state index is -0.719. The van der Waals surface area contributed by atoms with E-state index in [2.05, 4.69) is 70.3 Å². The van der Waals surface area contributed by atoms with E-state index in [1.807, 2.05) is 0 Å². The zero-order valence-corrected chi connectivity index (χ0v) is 11.7. The molecule has 0 fully saturated rings. The zero-order valence-electron chi connectivity index (χ0n) is 10.5. The van der Waals surface area contributed by atoms with E-state index in [0.717, 1.165) is 0 Å². The molecule has 0 aliphatic carbocycles. The van der Waals surface area contributed by atoms with Crippen molar-refractivity contribution < 1.29 is 0 Å². The van der Waals surface area contributed by atoms with Crippen LogP contribution >= 0.6 is 0 Å². The quantitative estimate of drug-likeness (QED) is 0.654. The van der Waals surface area contributed by atoms with Crippen LogP contribution in [0.4, 0.5) is 0 Å². The third-order valence-corrected chi connectivity index (χ3v) is 4.89. The molecule has 0 saturated heterocycles. The van der Waals surface area contributed by atoms with Gasteiger partial charge in [0, 0.05) is 0 Å². The molecule has 0 spiro atoms. The van der Waals surface area contributed by atoms with Gasteiger partial charge < -0.3 is 0 Å². The molecule has 0 aliphatic heterocycles. The van der Waals surface area contributed by atoms with Gasteiger partial charge in [-0.2, -0.15) is 0 Å². The Morgan fingerprint density at radius 3 is 2.00 bits per heavy atom. The van der Waals surface area contributed by atoms with E-state index >= 15 is 0 Å². The summed E-state index contributed by atoms with van der Waals surface area (Å²) in [5.41, 5.74) is 1.65. The molecule has 1 aromatic rings. The van der Waals surface area contributed by atoms with Crippen LogP contribution in [0, 0.1) is 5.41 Å². The highest BCUT2D eigenvalue weighted by atomic mass is 28.3. The molecule has 0 amide bonds. The van der Waals surface area contributed by atoms with Gasteiger partial charge in [0.05, 0.1) is 8.80 Å². The highest BCUT2D eigenvalue weighted by molar-refractivity contribution is 6.65. The number of hydrogen-bond acceptors (Lipinski definition) is 0. The van der Waals surface area contributed by atoms with Crippen LogP contribution in [0.5, 0.6) is 0 Å². The molecule has 0 atom stereocenters. The van der Waals surface area contributed by atoms with Crippen LogP contribution in [0.25, 0.3) is 6.08 Å². The third kappa shape index (κ3) is 3.67. The summed E-state index contributed by atoms with van der Waals surface area (Å²) in [6.07, 6.45) is 2.39. The van der Waals surface area contributed by atoms with Crippen LogP contribution in [0.3, 0.4) is 0 Å². The van der Waals surface area contributed by atoms with Gasteiger partial charge in [-0.1, -0.05) is 75.5 Å². The zero-order chi connectivity index (χ0) is 11.5. The number of hydrogen-bond donors (Lipinski definition) is 0. The maximum absolute atomic E-state index is 2.40. The summed E-state index contributed by atoms with van der Waals surface area (Å²) in [6, 6.07) is 10.6. The summed E-state index contributed by atoms with van der Waals surface area (Å²) >= 11 is 0. The summed E-state index contributed by atoms with van der Waals surface area (Å²) in [4.78, 5) is 0. The second-order valence-electron chi connectivity index (χ2n) is 5.42. The lowest BCUT2D eigenvalue weighted by atomic mass is 9.94. The van der Waals surface area contributed by atoms with Crippen molar-refractivity contribution in [3.8, 4) is 0 Å². The van der Waals surface area contributed by atoms with Crippen molar-refractivity contribution in [1.29, 1.82) is 0 Å². The highest BCUT2D eigenvalue weighted by Gasteiger charge is 2.19. The molecule has 0 nitrogen and oxygen atoms in total. The fourth-order valence-electron chi connectivity index (χ4n) is 1.98. The van der Waals surface area contributed by atoms with Crippen LogP contribution in [-0.4, -0.2) is 8.80 Å². The van der Waals surface area contributed by atoms with Crippen molar-refractivity contribution >= 4 is 14.9 Å². The lowest BCUT2D eigenvalue weighted by Crippen LogP contribution is -2.20. The van der Waals surface area contributed by atoms with Gasteiger partial charge in [0.1, 0.15) is 0 Å². The normalized spacial score (nSPS) is 13.3. The Morgan fingerprint density at radius 2 is 1.60 bits per heavy atom. The smallest absolute Gasteiger partial charge is 0.0602 e. The first kappa shape index (κ1) is 12.2. The van der Waals surface area contributed by atoms with Gasteiger partial charge in [0.15, 0.2) is 0 Å². The molecule has 0 aliphatic rings. The lowest BCUT2D eigenvalue weighted by Gasteiger charge is -2.26. The third-order valence-electron chi connectivity index (χ3n) is 2.61. The summed E-state index contributed by atoms with van der Waals surface area (Å²) in [7, 11) is -0.719. The molecule has 15 heavy (non-hydrogen) atoms. The molecular weight excluding hydrogens is 196 g/mol. The molecule has 1 heteroatoms. The summed E-state index contributed by atoms with van der Waals surface area (Å²) < 4.78 is 0. The van der Waals surface area contributed by atoms with E-state index in [0.29, 0.717) is 5.41 Å². The van der Waals surface area contributed by atoms with E-state index < -0.39 is 8.80 Å². The SMILES string of the molecule is C[SiH](C)C(=Cc1ccccc1)C(C)(C)C. The minimum Gasteiger partial charge on any atom is -0.0788 e. The van der Waals surface area contributed by atoms with E-state index in [1.54, 1.807) is 5.20 Å². The fourth-order valence-corrected chi connectivity index (χ4v) is 4.24. The molecule has 1 rings (SSSR count). The van der Waals surface area contributed by atoms with Crippen LogP contribution in [0.15, 0.2) is 35.5 Å². The van der Waals surface area contributed by atoms with E-state index in [-0.39, 0.29) is 0 Å². The van der Waals surface area contributed by atoms with Gasteiger partial charge in [-0.3, -0.25) is 0 Å². The molecule has 1 aromatic carbocycles. The summed E-state index contributed by atoms with van der Waals surface area (Å²) in [6.45, 7) is 11.7. The van der Waals surface area contributed by atoms with Gasteiger partial charge >= 0.3 is 0 Å². The van der Waals surface area contributed by atoms with Gasteiger partial charge in [0.25, 0.3) is 0 Å². The van der Waals surface area contributed by atoms with Gasteiger partial charge in [-0.05, 0) is 11.0 Å². The molecule has 0 aromatic heterocycles. The average molecular weight is 218 g/mol. The van der Waals surface area contributed by atoms with Crippen LogP contribution in [0.1, 0.15) is 26.3 Å². The van der Waals surface area contributed by atoms with Crippen LogP contribution in [0.2, 0.25) is 13.1 Å². The van der Waals surface area contributed by atoms with Crippen molar-refractivity contribution in [1.82, 2.24) is 0 Å². The topological polar surface area (TPSA) is 0 Å². The van der Waals surface area contributed by atoms with Gasteiger partial charge in [-0.15, -0.1) is 0 Å². The van der Waals surface area contributed by atoms with Crippen LogP contribution < -0.4 is 0 Å². The highest BCUT2D eigenvalue weighted by Crippen LogP contribution is 2.29. The molecule has 0 radical (unpaired) electrons. The Morgan fingerprint density at radius 1 is 1.07 bits per heavy atom. The molecule has 0 saturated carbocycles. The first-order valence-corrected chi connectivity index (χ1v) is 8.57. The molecule has 82 valence electrons. The second kappa shape index (κ2) is 4.80. The molecule has 0 N–H and O–H groups in total. The minimum absolute atomic E-state index is 0.316. The van der Waals surface area contributed by atoms with Crippen molar-refractivity contribution in [3.05, 3.63) is 41.1 Å². The lowest BCUT2D eigenvalue weighted by molar-refractivity contribution is 0.530. The fraction of sp³-hybridized carbons (Fsp3) is 0.429. The number of benzene rings is 1. The van der Waals surface area contributed by atoms with E-state index in [9.17, 15) is 0 Å². The summed E-state index contributed by atoms with van der Waals surface area (Å²) in [5, 5.41) is 1.65. The standard InChI is InChI=1S/C14H22Si/c1-14(2,3)13(15(4)5)11-12-9-7-6-8-10-12/h6-11,15H,1-5H3. The Bertz CT molecular complexity index is 328. The average Bonchev–Trinajstić information content (AvgIpc) is 2.13. The Kier molecular flexibility index (Phi) is 3.92. The Labute approximate surface area is 95.6 Å². The molecular formula is C14H22Si. The molecule has 0 heterocycles. The monoisotopic (exact) mass is 218 g/mol. The Balaban J connectivity index is 3.06. The van der Waals surface area contributed by atoms with Crippen molar-refractivity contribution in [3.63, 3.8) is 0 Å². The summed E-state index contributed by atoms with van der Waals surface area (Å²) in [5.74, 6) is 0.